The van der Waals surface area contributed by atoms with E-state index < -0.39 is 0 Å². The van der Waals surface area contributed by atoms with Crippen LogP contribution in [0.4, 0.5) is 0 Å². The van der Waals surface area contributed by atoms with Crippen molar-refractivity contribution in [3.8, 4) is 0 Å². The SMILES string of the molecule is NCC1CCC(C(=O)c2cccnc2)CC1. The molecule has 0 radical (unpaired) electrons. The Morgan fingerprint density at radius 1 is 1.38 bits per heavy atom. The summed E-state index contributed by atoms with van der Waals surface area (Å²) >= 11 is 0. The zero-order chi connectivity index (χ0) is 11.4. The fourth-order valence-corrected chi connectivity index (χ4v) is 2.40. The molecular weight excluding hydrogens is 200 g/mol. The van der Waals surface area contributed by atoms with Gasteiger partial charge in [0.05, 0.1) is 0 Å². The van der Waals surface area contributed by atoms with E-state index in [1.54, 1.807) is 12.4 Å². The van der Waals surface area contributed by atoms with Gasteiger partial charge in [0.1, 0.15) is 0 Å². The smallest absolute Gasteiger partial charge is 0.167 e. The minimum absolute atomic E-state index is 0.187. The van der Waals surface area contributed by atoms with Crippen molar-refractivity contribution < 1.29 is 4.79 Å². The fraction of sp³-hybridized carbons (Fsp3) is 0.538. The van der Waals surface area contributed by atoms with Gasteiger partial charge in [0.2, 0.25) is 0 Å². The summed E-state index contributed by atoms with van der Waals surface area (Å²) in [4.78, 5) is 16.1. The molecule has 86 valence electrons. The number of nitrogens with zero attached hydrogens (tertiary/aromatic N) is 1. The van der Waals surface area contributed by atoms with Gasteiger partial charge in [-0.05, 0) is 50.3 Å². The largest absolute Gasteiger partial charge is 0.330 e. The van der Waals surface area contributed by atoms with Gasteiger partial charge >= 0.3 is 0 Å². The summed E-state index contributed by atoms with van der Waals surface area (Å²) in [5.74, 6) is 1.06. The molecule has 0 spiro atoms. The number of carbonyl (C=O) groups excluding carboxylic acids is 1. The summed E-state index contributed by atoms with van der Waals surface area (Å²) in [7, 11) is 0. The van der Waals surface area contributed by atoms with Crippen LogP contribution in [0.3, 0.4) is 0 Å². The molecule has 3 nitrogen and oxygen atoms in total. The molecule has 0 aromatic carbocycles. The first kappa shape index (κ1) is 11.3. The normalized spacial score (nSPS) is 25.3. The van der Waals surface area contributed by atoms with Crippen LogP contribution in [0, 0.1) is 11.8 Å². The van der Waals surface area contributed by atoms with E-state index in [9.17, 15) is 4.79 Å². The maximum absolute atomic E-state index is 12.1. The van der Waals surface area contributed by atoms with Crippen molar-refractivity contribution in [2.24, 2.45) is 17.6 Å². The number of pyridine rings is 1. The van der Waals surface area contributed by atoms with Gasteiger partial charge in [-0.2, -0.15) is 0 Å². The zero-order valence-corrected chi connectivity index (χ0v) is 9.43. The Morgan fingerprint density at radius 2 is 2.12 bits per heavy atom. The van der Waals surface area contributed by atoms with E-state index in [1.165, 1.54) is 0 Å². The van der Waals surface area contributed by atoms with Crippen LogP contribution in [0.25, 0.3) is 0 Å². The van der Waals surface area contributed by atoms with Crippen LogP contribution < -0.4 is 5.73 Å². The van der Waals surface area contributed by atoms with Crippen molar-refractivity contribution in [2.45, 2.75) is 25.7 Å². The number of rotatable bonds is 3. The van der Waals surface area contributed by atoms with Crippen LogP contribution in [-0.2, 0) is 0 Å². The Morgan fingerprint density at radius 3 is 2.69 bits per heavy atom. The summed E-state index contributed by atoms with van der Waals surface area (Å²) in [6.07, 6.45) is 7.50. The molecule has 0 atom stereocenters. The monoisotopic (exact) mass is 218 g/mol. The van der Waals surface area contributed by atoms with E-state index in [-0.39, 0.29) is 11.7 Å². The number of hydrogen-bond acceptors (Lipinski definition) is 3. The van der Waals surface area contributed by atoms with Crippen LogP contribution in [0.15, 0.2) is 24.5 Å². The van der Waals surface area contributed by atoms with E-state index in [0.717, 1.165) is 37.8 Å². The minimum Gasteiger partial charge on any atom is -0.330 e. The van der Waals surface area contributed by atoms with Crippen molar-refractivity contribution in [1.82, 2.24) is 4.98 Å². The Bertz CT molecular complexity index is 342. The number of ketones is 1. The second kappa shape index (κ2) is 5.21. The molecule has 3 heteroatoms. The molecule has 16 heavy (non-hydrogen) atoms. The third-order valence-electron chi connectivity index (χ3n) is 3.50. The number of Topliss-reactive ketones (excluding diaryl/α,β-unsaturated/α-hetero) is 1. The lowest BCUT2D eigenvalue weighted by atomic mass is 9.79. The van der Waals surface area contributed by atoms with Crippen LogP contribution in [0.2, 0.25) is 0 Å². The van der Waals surface area contributed by atoms with Gasteiger partial charge < -0.3 is 5.73 Å². The highest BCUT2D eigenvalue weighted by Gasteiger charge is 2.26. The van der Waals surface area contributed by atoms with Crippen molar-refractivity contribution in [2.75, 3.05) is 6.54 Å². The highest BCUT2D eigenvalue weighted by Crippen LogP contribution is 2.30. The quantitative estimate of drug-likeness (QED) is 0.790. The number of aromatic nitrogens is 1. The minimum atomic E-state index is 0.187. The highest BCUT2D eigenvalue weighted by atomic mass is 16.1. The average Bonchev–Trinajstić information content (AvgIpc) is 2.39. The number of carbonyl (C=O) groups is 1. The third-order valence-corrected chi connectivity index (χ3v) is 3.50. The lowest BCUT2D eigenvalue weighted by Crippen LogP contribution is -2.25. The van der Waals surface area contributed by atoms with Crippen molar-refractivity contribution in [3.63, 3.8) is 0 Å². The van der Waals surface area contributed by atoms with E-state index >= 15 is 0 Å². The molecule has 1 aromatic heterocycles. The molecular formula is C13H18N2O. The van der Waals surface area contributed by atoms with Gasteiger partial charge in [-0.1, -0.05) is 0 Å². The van der Waals surface area contributed by atoms with E-state index in [0.29, 0.717) is 5.92 Å². The highest BCUT2D eigenvalue weighted by molar-refractivity contribution is 5.97. The Labute approximate surface area is 96.1 Å². The molecule has 2 rings (SSSR count). The van der Waals surface area contributed by atoms with Crippen LogP contribution in [-0.4, -0.2) is 17.3 Å². The van der Waals surface area contributed by atoms with Crippen LogP contribution >= 0.6 is 0 Å². The second-order valence-electron chi connectivity index (χ2n) is 4.56. The first-order valence-electron chi connectivity index (χ1n) is 5.95. The van der Waals surface area contributed by atoms with Crippen molar-refractivity contribution in [3.05, 3.63) is 30.1 Å². The molecule has 1 saturated carbocycles. The zero-order valence-electron chi connectivity index (χ0n) is 9.43. The summed E-state index contributed by atoms with van der Waals surface area (Å²) in [6.45, 7) is 0.758. The fourth-order valence-electron chi connectivity index (χ4n) is 2.40. The second-order valence-corrected chi connectivity index (χ2v) is 4.56. The molecule has 0 aliphatic heterocycles. The van der Waals surface area contributed by atoms with Gasteiger partial charge in [-0.15, -0.1) is 0 Å². The molecule has 2 N–H and O–H groups in total. The molecule has 1 aliphatic rings. The third kappa shape index (κ3) is 2.47. The van der Waals surface area contributed by atoms with Crippen molar-refractivity contribution in [1.29, 1.82) is 0 Å². The van der Waals surface area contributed by atoms with Gasteiger partial charge in [0.25, 0.3) is 0 Å². The molecule has 0 saturated heterocycles. The number of nitrogens with two attached hydrogens (primary N) is 1. The molecule has 1 aromatic rings. The summed E-state index contributed by atoms with van der Waals surface area (Å²) in [5.41, 5.74) is 6.39. The standard InChI is InChI=1S/C13H18N2O/c14-8-10-3-5-11(6-4-10)13(16)12-2-1-7-15-9-12/h1-2,7,9-11H,3-6,8,14H2. The lowest BCUT2D eigenvalue weighted by Gasteiger charge is -2.26. The first-order valence-corrected chi connectivity index (χ1v) is 5.95. The predicted molar refractivity (Wildman–Crippen MR) is 63.1 cm³/mol. The Balaban J connectivity index is 1.97. The molecule has 0 unspecified atom stereocenters. The van der Waals surface area contributed by atoms with Gasteiger partial charge in [-0.25, -0.2) is 0 Å². The van der Waals surface area contributed by atoms with Gasteiger partial charge in [-0.3, -0.25) is 9.78 Å². The first-order chi connectivity index (χ1) is 7.81. The average molecular weight is 218 g/mol. The van der Waals surface area contributed by atoms with Crippen LogP contribution in [0.5, 0.6) is 0 Å². The number of hydrogen-bond donors (Lipinski definition) is 1. The van der Waals surface area contributed by atoms with Crippen LogP contribution in [0.1, 0.15) is 36.0 Å². The maximum atomic E-state index is 12.1. The van der Waals surface area contributed by atoms with Gasteiger partial charge in [0.15, 0.2) is 5.78 Å². The van der Waals surface area contributed by atoms with E-state index in [4.69, 9.17) is 5.73 Å². The summed E-state index contributed by atoms with van der Waals surface area (Å²) in [5, 5.41) is 0. The van der Waals surface area contributed by atoms with E-state index in [1.807, 2.05) is 12.1 Å². The summed E-state index contributed by atoms with van der Waals surface area (Å²) < 4.78 is 0. The summed E-state index contributed by atoms with van der Waals surface area (Å²) in [6, 6.07) is 3.67. The van der Waals surface area contributed by atoms with Crippen molar-refractivity contribution >= 4 is 5.78 Å². The Hall–Kier alpha value is -1.22. The molecule has 0 bridgehead atoms. The topological polar surface area (TPSA) is 56.0 Å². The predicted octanol–water partition coefficient (Wildman–Crippen LogP) is 2.03. The molecule has 1 fully saturated rings. The molecule has 1 heterocycles. The maximum Gasteiger partial charge on any atom is 0.167 e. The van der Waals surface area contributed by atoms with Gasteiger partial charge in [0, 0.05) is 23.9 Å². The van der Waals surface area contributed by atoms with E-state index in [2.05, 4.69) is 4.98 Å². The Kier molecular flexibility index (Phi) is 3.67. The molecule has 0 amide bonds. The lowest BCUT2D eigenvalue weighted by molar-refractivity contribution is 0.0873. The molecule has 1 aliphatic carbocycles.